The summed E-state index contributed by atoms with van der Waals surface area (Å²) in [4.78, 5) is 31.6. The summed E-state index contributed by atoms with van der Waals surface area (Å²) in [5, 5.41) is 0. The van der Waals surface area contributed by atoms with Gasteiger partial charge >= 0.3 is 0 Å². The van der Waals surface area contributed by atoms with Crippen LogP contribution in [0.25, 0.3) is 0 Å². The van der Waals surface area contributed by atoms with Crippen molar-refractivity contribution in [3.63, 3.8) is 0 Å². The molecule has 0 heterocycles. The van der Waals surface area contributed by atoms with E-state index in [1.165, 1.54) is 0 Å². The molecule has 0 unspecified atom stereocenters. The highest BCUT2D eigenvalue weighted by Gasteiger charge is 2.26. The summed E-state index contributed by atoms with van der Waals surface area (Å²) in [5.41, 5.74) is -1.03. The Hall–Kier alpha value is -0.490. The summed E-state index contributed by atoms with van der Waals surface area (Å²) in [6.07, 6.45) is -0.871. The average Bonchev–Trinajstić information content (AvgIpc) is 2.13. The molecule has 0 aliphatic carbocycles. The monoisotopic (exact) mass is 248 g/mol. The van der Waals surface area contributed by atoms with E-state index in [-0.39, 0.29) is 12.2 Å². The van der Waals surface area contributed by atoms with Crippen LogP contribution >= 0.6 is 0 Å². The van der Waals surface area contributed by atoms with E-state index in [1.54, 1.807) is 6.92 Å². The van der Waals surface area contributed by atoms with Crippen LogP contribution in [0, 0.1) is 0 Å². The summed E-state index contributed by atoms with van der Waals surface area (Å²) >= 11 is 0. The number of ketones is 1. The van der Waals surface area contributed by atoms with Gasteiger partial charge in [-0.2, -0.15) is 9.78 Å². The van der Waals surface area contributed by atoms with Gasteiger partial charge in [0.15, 0.2) is 5.78 Å². The minimum atomic E-state index is -1.15. The highest BCUT2D eigenvalue weighted by atomic mass is 17.3. The van der Waals surface area contributed by atoms with E-state index in [0.29, 0.717) is 0 Å². The molecule has 102 valence electrons. The molecule has 0 atom stereocenters. The molecule has 0 bridgehead atoms. The van der Waals surface area contributed by atoms with Crippen LogP contribution in [0.5, 0.6) is 0 Å². The van der Waals surface area contributed by atoms with Crippen molar-refractivity contribution >= 4 is 5.78 Å². The fraction of sp³-hybridized carbons (Fsp3) is 0.917. The van der Waals surface area contributed by atoms with Gasteiger partial charge in [-0.1, -0.05) is 6.92 Å². The SMILES string of the molecule is CCC(=O)C(OOC(C)(C)C)OOC(C)(C)C. The van der Waals surface area contributed by atoms with Crippen molar-refractivity contribution in [2.24, 2.45) is 0 Å². The van der Waals surface area contributed by atoms with Crippen LogP contribution in [0.3, 0.4) is 0 Å². The van der Waals surface area contributed by atoms with Gasteiger partial charge in [0.1, 0.15) is 0 Å². The minimum absolute atomic E-state index is 0.238. The first-order valence-electron chi connectivity index (χ1n) is 5.77. The average molecular weight is 248 g/mol. The summed E-state index contributed by atoms with van der Waals surface area (Å²) in [7, 11) is 0. The predicted octanol–water partition coefficient (Wildman–Crippen LogP) is 2.79. The molecule has 0 saturated carbocycles. The van der Waals surface area contributed by atoms with E-state index in [1.807, 2.05) is 41.5 Å². The number of hydrogen-bond acceptors (Lipinski definition) is 5. The molecule has 0 aromatic heterocycles. The molecule has 0 aliphatic heterocycles. The van der Waals surface area contributed by atoms with Gasteiger partial charge in [0, 0.05) is 6.42 Å². The molecule has 0 amide bonds. The van der Waals surface area contributed by atoms with Crippen molar-refractivity contribution < 1.29 is 24.3 Å². The van der Waals surface area contributed by atoms with Gasteiger partial charge in [-0.25, -0.2) is 9.78 Å². The molecule has 0 rings (SSSR count). The van der Waals surface area contributed by atoms with Crippen LogP contribution in [0.15, 0.2) is 0 Å². The molecule has 0 aliphatic rings. The van der Waals surface area contributed by atoms with Gasteiger partial charge in [-0.15, -0.1) is 0 Å². The van der Waals surface area contributed by atoms with Gasteiger partial charge < -0.3 is 0 Å². The van der Waals surface area contributed by atoms with Crippen molar-refractivity contribution in [1.29, 1.82) is 0 Å². The Morgan fingerprint density at radius 3 is 1.53 bits per heavy atom. The van der Waals surface area contributed by atoms with Gasteiger partial charge in [-0.3, -0.25) is 4.79 Å². The minimum Gasteiger partial charge on any atom is -0.294 e. The lowest BCUT2D eigenvalue weighted by molar-refractivity contribution is -0.483. The lowest BCUT2D eigenvalue weighted by atomic mass is 10.2. The Bertz CT molecular complexity index is 218. The first-order valence-corrected chi connectivity index (χ1v) is 5.77. The summed E-state index contributed by atoms with van der Waals surface area (Å²) < 4.78 is 0. The summed E-state index contributed by atoms with van der Waals surface area (Å²) in [5.74, 6) is -0.238. The second-order valence-corrected chi connectivity index (χ2v) is 5.74. The Morgan fingerprint density at radius 1 is 0.941 bits per heavy atom. The number of rotatable bonds is 6. The molecule has 0 saturated heterocycles. The van der Waals surface area contributed by atoms with Crippen molar-refractivity contribution in [3.05, 3.63) is 0 Å². The molecule has 0 aromatic rings. The Balaban J connectivity index is 4.30. The molecule has 0 N–H and O–H groups in total. The molecular formula is C12H24O5. The van der Waals surface area contributed by atoms with E-state index in [2.05, 4.69) is 0 Å². The molecule has 5 heteroatoms. The van der Waals surface area contributed by atoms with E-state index < -0.39 is 17.5 Å². The lowest BCUT2D eigenvalue weighted by Crippen LogP contribution is -2.34. The van der Waals surface area contributed by atoms with Crippen LogP contribution in [0.4, 0.5) is 0 Å². The van der Waals surface area contributed by atoms with Crippen molar-refractivity contribution in [1.82, 2.24) is 0 Å². The predicted molar refractivity (Wildman–Crippen MR) is 62.9 cm³/mol. The van der Waals surface area contributed by atoms with E-state index >= 15 is 0 Å². The lowest BCUT2D eigenvalue weighted by Gasteiger charge is -2.24. The third kappa shape index (κ3) is 9.23. The van der Waals surface area contributed by atoms with Crippen LogP contribution in [0.2, 0.25) is 0 Å². The van der Waals surface area contributed by atoms with Crippen molar-refractivity contribution in [3.8, 4) is 0 Å². The maximum Gasteiger partial charge on any atom is 0.281 e. The summed E-state index contributed by atoms with van der Waals surface area (Å²) in [6, 6.07) is 0. The molecule has 0 radical (unpaired) electrons. The standard InChI is InChI=1S/C12H24O5/c1-8-9(13)10(14-16-11(2,3)4)15-17-12(5,6)7/h10H,8H2,1-7H3. The highest BCUT2D eigenvalue weighted by molar-refractivity contribution is 5.81. The number of Topliss-reactive ketones (excluding diaryl/α,β-unsaturated/α-hetero) is 1. The zero-order valence-corrected chi connectivity index (χ0v) is 11.8. The molecule has 0 aromatic carbocycles. The fourth-order valence-corrected chi connectivity index (χ4v) is 0.666. The first-order chi connectivity index (χ1) is 7.55. The molecule has 17 heavy (non-hydrogen) atoms. The van der Waals surface area contributed by atoms with E-state index in [9.17, 15) is 4.79 Å². The van der Waals surface area contributed by atoms with Gasteiger partial charge in [0.05, 0.1) is 11.2 Å². The Morgan fingerprint density at radius 2 is 1.29 bits per heavy atom. The van der Waals surface area contributed by atoms with Gasteiger partial charge in [0.25, 0.3) is 6.29 Å². The van der Waals surface area contributed by atoms with Gasteiger partial charge in [0.2, 0.25) is 0 Å². The number of hydrogen-bond donors (Lipinski definition) is 0. The Labute approximate surface area is 103 Å². The zero-order chi connectivity index (χ0) is 13.7. The zero-order valence-electron chi connectivity index (χ0n) is 11.8. The number of carbonyl (C=O) groups excluding carboxylic acids is 1. The highest BCUT2D eigenvalue weighted by Crippen LogP contribution is 2.14. The van der Waals surface area contributed by atoms with Crippen LogP contribution in [-0.2, 0) is 24.3 Å². The molecule has 0 fully saturated rings. The quantitative estimate of drug-likeness (QED) is 0.411. The van der Waals surface area contributed by atoms with Crippen LogP contribution in [-0.4, -0.2) is 23.3 Å². The third-order valence-corrected chi connectivity index (χ3v) is 1.38. The summed E-state index contributed by atoms with van der Waals surface area (Å²) in [6.45, 7) is 12.6. The van der Waals surface area contributed by atoms with Crippen molar-refractivity contribution in [2.45, 2.75) is 72.4 Å². The number of carbonyl (C=O) groups is 1. The van der Waals surface area contributed by atoms with Gasteiger partial charge in [-0.05, 0) is 41.5 Å². The van der Waals surface area contributed by atoms with Crippen LogP contribution < -0.4 is 0 Å². The molecular weight excluding hydrogens is 224 g/mol. The maximum atomic E-state index is 11.5. The second-order valence-electron chi connectivity index (χ2n) is 5.74. The molecule has 5 nitrogen and oxygen atoms in total. The Kier molecular flexibility index (Phi) is 6.26. The van der Waals surface area contributed by atoms with Crippen LogP contribution in [0.1, 0.15) is 54.9 Å². The van der Waals surface area contributed by atoms with E-state index in [0.717, 1.165) is 0 Å². The third-order valence-electron chi connectivity index (χ3n) is 1.38. The molecule has 0 spiro atoms. The maximum absolute atomic E-state index is 11.5. The smallest absolute Gasteiger partial charge is 0.281 e. The normalized spacial score (nSPS) is 13.2. The largest absolute Gasteiger partial charge is 0.294 e. The van der Waals surface area contributed by atoms with E-state index in [4.69, 9.17) is 19.6 Å². The first kappa shape index (κ1) is 16.5. The topological polar surface area (TPSA) is 54.0 Å². The second kappa shape index (κ2) is 6.44. The fourth-order valence-electron chi connectivity index (χ4n) is 0.666. The van der Waals surface area contributed by atoms with Crippen molar-refractivity contribution in [2.75, 3.05) is 0 Å².